The SMILES string of the molecule is O=C(NCc1ccc(Cl)c(Cl)c1)c1cnc(N2CCN(C3CCN(Cc4ccc(Br)cc4F)CC3)CC2)c(Cl)c1.[HH]. The third-order valence-corrected chi connectivity index (χ3v) is 9.13. The van der Waals surface area contributed by atoms with Crippen molar-refractivity contribution in [3.8, 4) is 0 Å². The molecule has 2 aromatic carbocycles. The number of amides is 1. The number of carbonyl (C=O) groups excluding carboxylic acids is 1. The minimum absolute atomic E-state index is 0. The molecule has 214 valence electrons. The summed E-state index contributed by atoms with van der Waals surface area (Å²) >= 11 is 21.9. The van der Waals surface area contributed by atoms with E-state index in [1.165, 1.54) is 6.07 Å². The van der Waals surface area contributed by atoms with Gasteiger partial charge in [0, 0.05) is 63.0 Å². The zero-order chi connectivity index (χ0) is 28.2. The molecule has 2 aliphatic rings. The molecule has 11 heteroatoms. The second-order valence-electron chi connectivity index (χ2n) is 10.2. The molecule has 3 heterocycles. The number of benzene rings is 2. The van der Waals surface area contributed by atoms with Crippen LogP contribution < -0.4 is 10.2 Å². The summed E-state index contributed by atoms with van der Waals surface area (Å²) in [6.07, 6.45) is 3.72. The minimum Gasteiger partial charge on any atom is -0.353 e. The van der Waals surface area contributed by atoms with E-state index in [0.717, 1.165) is 67.7 Å². The highest BCUT2D eigenvalue weighted by molar-refractivity contribution is 9.10. The molecule has 2 saturated heterocycles. The van der Waals surface area contributed by atoms with Gasteiger partial charge in [0.25, 0.3) is 5.91 Å². The van der Waals surface area contributed by atoms with Crippen LogP contribution >= 0.6 is 50.7 Å². The number of rotatable bonds is 7. The van der Waals surface area contributed by atoms with Gasteiger partial charge in [0.1, 0.15) is 11.6 Å². The zero-order valence-corrected chi connectivity index (χ0v) is 25.7. The van der Waals surface area contributed by atoms with E-state index < -0.39 is 0 Å². The summed E-state index contributed by atoms with van der Waals surface area (Å²) in [5.41, 5.74) is 2.00. The van der Waals surface area contributed by atoms with Gasteiger partial charge < -0.3 is 10.2 Å². The number of nitrogens with zero attached hydrogens (tertiary/aromatic N) is 4. The van der Waals surface area contributed by atoms with Gasteiger partial charge in [-0.15, -0.1) is 0 Å². The monoisotopic (exact) mass is 669 g/mol. The average molecular weight is 672 g/mol. The molecule has 0 atom stereocenters. The van der Waals surface area contributed by atoms with Gasteiger partial charge in [-0.1, -0.05) is 62.9 Å². The molecule has 40 heavy (non-hydrogen) atoms. The normalized spacial score (nSPS) is 17.3. The third kappa shape index (κ3) is 7.27. The predicted molar refractivity (Wildman–Crippen MR) is 165 cm³/mol. The summed E-state index contributed by atoms with van der Waals surface area (Å²) in [5.74, 6) is 0.289. The molecular weight excluding hydrogens is 640 g/mol. The van der Waals surface area contributed by atoms with Crippen LogP contribution in [0.2, 0.25) is 15.1 Å². The number of carbonyl (C=O) groups is 1. The molecular formula is C29H32BrCl3FN5O. The maximum atomic E-state index is 14.2. The highest BCUT2D eigenvalue weighted by Gasteiger charge is 2.29. The Balaban J connectivity index is 0.00000387. The first kappa shape index (κ1) is 29.5. The van der Waals surface area contributed by atoms with Crippen LogP contribution in [0.3, 0.4) is 0 Å². The number of aromatic nitrogens is 1. The first-order valence-electron chi connectivity index (χ1n) is 13.3. The molecule has 2 fully saturated rings. The number of anilines is 1. The van der Waals surface area contributed by atoms with Crippen molar-refractivity contribution in [2.24, 2.45) is 0 Å². The van der Waals surface area contributed by atoms with Crippen LogP contribution in [-0.4, -0.2) is 66.0 Å². The number of piperazine rings is 1. The van der Waals surface area contributed by atoms with E-state index in [-0.39, 0.29) is 13.2 Å². The van der Waals surface area contributed by atoms with Gasteiger partial charge in [-0.2, -0.15) is 0 Å². The molecule has 1 aromatic heterocycles. The maximum absolute atomic E-state index is 14.2. The van der Waals surface area contributed by atoms with E-state index >= 15 is 0 Å². The van der Waals surface area contributed by atoms with Crippen molar-refractivity contribution in [1.82, 2.24) is 20.1 Å². The fourth-order valence-corrected chi connectivity index (χ4v) is 6.29. The van der Waals surface area contributed by atoms with Crippen molar-refractivity contribution >= 4 is 62.5 Å². The second-order valence-corrected chi connectivity index (χ2v) is 12.4. The lowest BCUT2D eigenvalue weighted by molar-refractivity contribution is 0.0950. The van der Waals surface area contributed by atoms with Crippen LogP contribution in [0, 0.1) is 5.82 Å². The summed E-state index contributed by atoms with van der Waals surface area (Å²) in [7, 11) is 0. The Labute approximate surface area is 259 Å². The van der Waals surface area contributed by atoms with Gasteiger partial charge in [-0.05, 0) is 61.8 Å². The predicted octanol–water partition coefficient (Wildman–Crippen LogP) is 6.91. The van der Waals surface area contributed by atoms with Gasteiger partial charge in [0.15, 0.2) is 0 Å². The standard InChI is InChI=1S/C29H30BrCl3FN5O.H2/c30-22-3-2-20(27(34)15-22)18-37-7-5-23(6-8-37)38-9-11-39(12-10-38)28-26(33)14-21(17-35-28)29(40)36-16-19-1-4-24(31)25(32)13-19;/h1-4,13-15,17,23H,5-12,16,18H2,(H,36,40);1H. The Hall–Kier alpha value is -1.94. The molecule has 6 nitrogen and oxygen atoms in total. The lowest BCUT2D eigenvalue weighted by Gasteiger charge is -2.43. The van der Waals surface area contributed by atoms with E-state index in [0.29, 0.717) is 45.6 Å². The lowest BCUT2D eigenvalue weighted by atomic mass is 10.0. The minimum atomic E-state index is -0.258. The van der Waals surface area contributed by atoms with E-state index in [2.05, 4.69) is 40.9 Å². The highest BCUT2D eigenvalue weighted by Crippen LogP contribution is 2.28. The number of hydrogen-bond donors (Lipinski definition) is 1. The van der Waals surface area contributed by atoms with Gasteiger partial charge >= 0.3 is 0 Å². The number of pyridine rings is 1. The molecule has 0 aliphatic carbocycles. The second kappa shape index (κ2) is 13.4. The molecule has 1 N–H and O–H groups in total. The van der Waals surface area contributed by atoms with Gasteiger partial charge in [-0.25, -0.2) is 9.37 Å². The molecule has 5 rings (SSSR count). The van der Waals surface area contributed by atoms with Crippen molar-refractivity contribution in [3.63, 3.8) is 0 Å². The first-order valence-corrected chi connectivity index (χ1v) is 15.2. The Kier molecular flexibility index (Phi) is 9.87. The number of nitrogens with one attached hydrogen (secondary N) is 1. The summed E-state index contributed by atoms with van der Waals surface area (Å²) < 4.78 is 15.0. The number of hydrogen-bond acceptors (Lipinski definition) is 5. The van der Waals surface area contributed by atoms with Crippen LogP contribution in [0.5, 0.6) is 0 Å². The largest absolute Gasteiger partial charge is 0.353 e. The Morgan fingerprint density at radius 3 is 2.40 bits per heavy atom. The fourth-order valence-electron chi connectivity index (χ4n) is 5.35. The molecule has 3 aromatic rings. The summed E-state index contributed by atoms with van der Waals surface area (Å²) in [6, 6.07) is 12.7. The number of piperidine rings is 1. The molecule has 2 aliphatic heterocycles. The average Bonchev–Trinajstić information content (AvgIpc) is 2.95. The van der Waals surface area contributed by atoms with E-state index in [4.69, 9.17) is 34.8 Å². The van der Waals surface area contributed by atoms with Crippen LogP contribution in [0.15, 0.2) is 53.1 Å². The van der Waals surface area contributed by atoms with Crippen molar-refractivity contribution < 1.29 is 10.6 Å². The van der Waals surface area contributed by atoms with E-state index in [9.17, 15) is 9.18 Å². The molecule has 0 bridgehead atoms. The Morgan fingerprint density at radius 2 is 1.73 bits per heavy atom. The van der Waals surface area contributed by atoms with Crippen LogP contribution in [0.25, 0.3) is 0 Å². The maximum Gasteiger partial charge on any atom is 0.253 e. The van der Waals surface area contributed by atoms with Crippen molar-refractivity contribution in [2.45, 2.75) is 32.0 Å². The van der Waals surface area contributed by atoms with Gasteiger partial charge in [0.05, 0.1) is 20.6 Å². The van der Waals surface area contributed by atoms with Gasteiger partial charge in [-0.3, -0.25) is 14.6 Å². The van der Waals surface area contributed by atoms with E-state index in [1.807, 2.05) is 18.2 Å². The van der Waals surface area contributed by atoms with Crippen molar-refractivity contribution in [1.29, 1.82) is 0 Å². The smallest absolute Gasteiger partial charge is 0.253 e. The van der Waals surface area contributed by atoms with Crippen LogP contribution in [0.4, 0.5) is 10.2 Å². The molecule has 0 radical (unpaired) electrons. The molecule has 0 spiro atoms. The molecule has 0 unspecified atom stereocenters. The van der Waals surface area contributed by atoms with Crippen molar-refractivity contribution in [3.05, 3.63) is 90.7 Å². The molecule has 0 saturated carbocycles. The summed E-state index contributed by atoms with van der Waals surface area (Å²) in [4.78, 5) is 24.3. The highest BCUT2D eigenvalue weighted by atomic mass is 79.9. The summed E-state index contributed by atoms with van der Waals surface area (Å²) in [6.45, 7) is 6.38. The lowest BCUT2D eigenvalue weighted by Crippen LogP contribution is -2.53. The third-order valence-electron chi connectivity index (χ3n) is 7.62. The van der Waals surface area contributed by atoms with Crippen molar-refractivity contribution in [2.75, 3.05) is 44.2 Å². The number of halogens is 5. The number of likely N-dealkylation sites (tertiary alicyclic amines) is 1. The Bertz CT molecular complexity index is 1370. The fraction of sp³-hybridized carbons (Fsp3) is 0.379. The van der Waals surface area contributed by atoms with Crippen LogP contribution in [0.1, 0.15) is 35.8 Å². The summed E-state index contributed by atoms with van der Waals surface area (Å²) in [5, 5.41) is 4.25. The van der Waals surface area contributed by atoms with Crippen LogP contribution in [-0.2, 0) is 13.1 Å². The van der Waals surface area contributed by atoms with E-state index in [1.54, 1.807) is 24.4 Å². The quantitative estimate of drug-likeness (QED) is 0.296. The van der Waals surface area contributed by atoms with Gasteiger partial charge in [0.2, 0.25) is 0 Å². The topological polar surface area (TPSA) is 51.7 Å². The molecule has 1 amide bonds. The first-order chi connectivity index (χ1) is 19.3. The Morgan fingerprint density at radius 1 is 0.975 bits per heavy atom. The zero-order valence-electron chi connectivity index (χ0n) is 21.9.